The van der Waals surface area contributed by atoms with Gasteiger partial charge < -0.3 is 15.1 Å². The average Bonchev–Trinajstić information content (AvgIpc) is 2.93. The van der Waals surface area contributed by atoms with E-state index in [-0.39, 0.29) is 23.0 Å². The molecule has 0 bridgehead atoms. The van der Waals surface area contributed by atoms with Gasteiger partial charge in [-0.05, 0) is 30.7 Å². The number of hydrogen-bond acceptors (Lipinski definition) is 4. The van der Waals surface area contributed by atoms with Crippen LogP contribution in [0.25, 0.3) is 0 Å². The summed E-state index contributed by atoms with van der Waals surface area (Å²) in [6.45, 7) is 2.59. The maximum Gasteiger partial charge on any atom is 0.318 e. The van der Waals surface area contributed by atoms with Crippen molar-refractivity contribution in [3.8, 4) is 0 Å². The highest BCUT2D eigenvalue weighted by molar-refractivity contribution is 8.14. The van der Waals surface area contributed by atoms with Crippen molar-refractivity contribution in [2.75, 3.05) is 36.8 Å². The van der Waals surface area contributed by atoms with Crippen molar-refractivity contribution in [1.82, 2.24) is 10.2 Å². The predicted molar refractivity (Wildman–Crippen MR) is 84.6 cm³/mol. The molecular formula is C15H18FN3O2S. The van der Waals surface area contributed by atoms with E-state index in [0.717, 1.165) is 11.4 Å². The van der Waals surface area contributed by atoms with Crippen LogP contribution < -0.4 is 10.2 Å². The standard InChI is InChI=1S/C15H18FN3O2S/c16-11-1-3-12(4-2-11)18-6-8-19(9-7-18)15(21)17-13-5-10-22-14(13)20/h1-4,13H,5-10H2,(H,17,21). The number of benzene rings is 1. The second-order valence-electron chi connectivity index (χ2n) is 5.41. The Hall–Kier alpha value is -1.76. The van der Waals surface area contributed by atoms with Gasteiger partial charge in [-0.25, -0.2) is 9.18 Å². The van der Waals surface area contributed by atoms with Gasteiger partial charge >= 0.3 is 6.03 Å². The van der Waals surface area contributed by atoms with Gasteiger partial charge in [0.05, 0.1) is 0 Å². The maximum atomic E-state index is 12.9. The van der Waals surface area contributed by atoms with E-state index in [4.69, 9.17) is 0 Å². The zero-order valence-corrected chi connectivity index (χ0v) is 12.9. The van der Waals surface area contributed by atoms with Crippen molar-refractivity contribution in [2.45, 2.75) is 12.5 Å². The van der Waals surface area contributed by atoms with Crippen molar-refractivity contribution in [2.24, 2.45) is 0 Å². The molecule has 5 nitrogen and oxygen atoms in total. The fourth-order valence-electron chi connectivity index (χ4n) is 2.69. The molecule has 22 heavy (non-hydrogen) atoms. The Bertz CT molecular complexity index is 558. The molecule has 0 spiro atoms. The molecule has 118 valence electrons. The number of thioether (sulfide) groups is 1. The number of hydrogen-bond donors (Lipinski definition) is 1. The fraction of sp³-hybridized carbons (Fsp3) is 0.467. The third-order valence-corrected chi connectivity index (χ3v) is 5.00. The molecule has 0 aromatic heterocycles. The molecule has 1 aromatic rings. The number of carbonyl (C=O) groups excluding carboxylic acids is 2. The lowest BCUT2D eigenvalue weighted by Gasteiger charge is -2.36. The van der Waals surface area contributed by atoms with Gasteiger partial charge in [-0.3, -0.25) is 4.79 Å². The molecule has 0 radical (unpaired) electrons. The first-order chi connectivity index (χ1) is 10.6. The molecule has 2 amide bonds. The number of piperazine rings is 1. The minimum Gasteiger partial charge on any atom is -0.368 e. The van der Waals surface area contributed by atoms with Crippen LogP contribution in [0.3, 0.4) is 0 Å². The molecule has 2 fully saturated rings. The van der Waals surface area contributed by atoms with Crippen molar-refractivity contribution in [3.63, 3.8) is 0 Å². The van der Waals surface area contributed by atoms with Gasteiger partial charge in [0, 0.05) is 37.6 Å². The average molecular weight is 323 g/mol. The van der Waals surface area contributed by atoms with E-state index in [0.29, 0.717) is 32.6 Å². The number of halogens is 1. The minimum atomic E-state index is -0.340. The molecule has 7 heteroatoms. The molecule has 2 aliphatic heterocycles. The van der Waals surface area contributed by atoms with Crippen molar-refractivity contribution in [1.29, 1.82) is 0 Å². The smallest absolute Gasteiger partial charge is 0.318 e. The van der Waals surface area contributed by atoms with Crippen LogP contribution in [-0.4, -0.2) is 54.0 Å². The van der Waals surface area contributed by atoms with Gasteiger partial charge in [0.15, 0.2) is 0 Å². The van der Waals surface area contributed by atoms with E-state index in [1.165, 1.54) is 23.9 Å². The molecule has 1 atom stereocenters. The monoisotopic (exact) mass is 323 g/mol. The van der Waals surface area contributed by atoms with Gasteiger partial charge in [-0.1, -0.05) is 11.8 Å². The van der Waals surface area contributed by atoms with Crippen molar-refractivity contribution < 1.29 is 14.0 Å². The molecule has 1 N–H and O–H groups in total. The number of nitrogens with one attached hydrogen (secondary N) is 1. The zero-order valence-electron chi connectivity index (χ0n) is 12.1. The van der Waals surface area contributed by atoms with Gasteiger partial charge in [0.1, 0.15) is 11.9 Å². The zero-order chi connectivity index (χ0) is 15.5. The fourth-order valence-corrected chi connectivity index (χ4v) is 3.62. The number of carbonyl (C=O) groups is 2. The summed E-state index contributed by atoms with van der Waals surface area (Å²) >= 11 is 1.28. The van der Waals surface area contributed by atoms with E-state index in [2.05, 4.69) is 10.2 Å². The Balaban J connectivity index is 1.51. The molecule has 1 aromatic carbocycles. The van der Waals surface area contributed by atoms with Crippen LogP contribution in [0, 0.1) is 5.82 Å². The number of amides is 2. The Morgan fingerprint density at radius 1 is 1.18 bits per heavy atom. The van der Waals surface area contributed by atoms with Crippen LogP contribution in [0.2, 0.25) is 0 Å². The summed E-state index contributed by atoms with van der Waals surface area (Å²) in [7, 11) is 0. The molecule has 0 aliphatic carbocycles. The van der Waals surface area contributed by atoms with Crippen molar-refractivity contribution in [3.05, 3.63) is 30.1 Å². The number of anilines is 1. The van der Waals surface area contributed by atoms with E-state index in [9.17, 15) is 14.0 Å². The minimum absolute atomic E-state index is 0.0540. The first-order valence-electron chi connectivity index (χ1n) is 7.36. The van der Waals surface area contributed by atoms with Crippen LogP contribution in [0.5, 0.6) is 0 Å². The molecule has 2 heterocycles. The lowest BCUT2D eigenvalue weighted by atomic mass is 10.2. The number of urea groups is 1. The van der Waals surface area contributed by atoms with Gasteiger partial charge in [0.2, 0.25) is 5.12 Å². The van der Waals surface area contributed by atoms with Gasteiger partial charge in [-0.2, -0.15) is 0 Å². The van der Waals surface area contributed by atoms with E-state index in [1.54, 1.807) is 17.0 Å². The Morgan fingerprint density at radius 3 is 2.45 bits per heavy atom. The summed E-state index contributed by atoms with van der Waals surface area (Å²) in [5.74, 6) is 0.531. The molecule has 2 aliphatic rings. The number of rotatable bonds is 2. The molecule has 1 unspecified atom stereocenters. The van der Waals surface area contributed by atoms with Crippen LogP contribution in [0.15, 0.2) is 24.3 Å². The Kier molecular flexibility index (Phi) is 4.52. The molecule has 2 saturated heterocycles. The quantitative estimate of drug-likeness (QED) is 0.900. The van der Waals surface area contributed by atoms with Crippen LogP contribution >= 0.6 is 11.8 Å². The second kappa shape index (κ2) is 6.56. The SMILES string of the molecule is O=C1SCCC1NC(=O)N1CCN(c2ccc(F)cc2)CC1. The predicted octanol–water partition coefficient (Wildman–Crippen LogP) is 1.69. The first-order valence-corrected chi connectivity index (χ1v) is 8.34. The molecule has 0 saturated carbocycles. The Labute approximate surface area is 132 Å². The summed E-state index contributed by atoms with van der Waals surface area (Å²) in [6.07, 6.45) is 0.713. The van der Waals surface area contributed by atoms with Gasteiger partial charge in [-0.15, -0.1) is 0 Å². The van der Waals surface area contributed by atoms with E-state index >= 15 is 0 Å². The summed E-state index contributed by atoms with van der Waals surface area (Å²) in [6, 6.07) is 5.88. The summed E-state index contributed by atoms with van der Waals surface area (Å²) in [5, 5.41) is 2.86. The maximum absolute atomic E-state index is 12.9. The topological polar surface area (TPSA) is 52.7 Å². The first kappa shape index (κ1) is 15.1. The highest BCUT2D eigenvalue weighted by Gasteiger charge is 2.29. The van der Waals surface area contributed by atoms with E-state index in [1.807, 2.05) is 0 Å². The van der Waals surface area contributed by atoms with Gasteiger partial charge in [0.25, 0.3) is 0 Å². The lowest BCUT2D eigenvalue weighted by molar-refractivity contribution is -0.112. The third-order valence-electron chi connectivity index (χ3n) is 3.99. The van der Waals surface area contributed by atoms with Crippen molar-refractivity contribution >= 4 is 28.6 Å². The van der Waals surface area contributed by atoms with E-state index < -0.39 is 0 Å². The summed E-state index contributed by atoms with van der Waals surface area (Å²) in [4.78, 5) is 27.6. The number of nitrogens with zero attached hydrogens (tertiary/aromatic N) is 2. The lowest BCUT2D eigenvalue weighted by Crippen LogP contribution is -2.54. The molecule has 3 rings (SSSR count). The van der Waals surface area contributed by atoms with Crippen LogP contribution in [0.1, 0.15) is 6.42 Å². The third kappa shape index (κ3) is 3.35. The largest absolute Gasteiger partial charge is 0.368 e. The van der Waals surface area contributed by atoms with Crippen LogP contribution in [0.4, 0.5) is 14.9 Å². The normalized spacial score (nSPS) is 22.0. The summed E-state index contributed by atoms with van der Waals surface area (Å²) in [5.41, 5.74) is 0.962. The Morgan fingerprint density at radius 2 is 1.86 bits per heavy atom. The highest BCUT2D eigenvalue weighted by Crippen LogP contribution is 2.20. The second-order valence-corrected chi connectivity index (χ2v) is 6.51. The molecular weight excluding hydrogens is 305 g/mol. The highest BCUT2D eigenvalue weighted by atomic mass is 32.2. The van der Waals surface area contributed by atoms with Crippen LogP contribution in [-0.2, 0) is 4.79 Å². The summed E-state index contributed by atoms with van der Waals surface area (Å²) < 4.78 is 12.9.